The van der Waals surface area contributed by atoms with Crippen molar-refractivity contribution in [2.45, 2.75) is 19.4 Å². The second-order valence-electron chi connectivity index (χ2n) is 7.18. The minimum atomic E-state index is -0.710. The van der Waals surface area contributed by atoms with Gasteiger partial charge in [0.25, 0.3) is 11.7 Å². The number of nitrogens with zero attached hydrogens (tertiary/aromatic N) is 1. The summed E-state index contributed by atoms with van der Waals surface area (Å²) < 4.78 is 5.51. The lowest BCUT2D eigenvalue weighted by molar-refractivity contribution is -0.858. The van der Waals surface area contributed by atoms with Crippen LogP contribution < -0.4 is 4.90 Å². The summed E-state index contributed by atoms with van der Waals surface area (Å²) in [6.45, 7) is 3.23. The molecule has 1 unspecified atom stereocenters. The fourth-order valence-electron chi connectivity index (χ4n) is 3.32. The molecule has 27 heavy (non-hydrogen) atoms. The molecular weight excluding hydrogens is 344 g/mol. The summed E-state index contributed by atoms with van der Waals surface area (Å²) in [7, 11) is 4.07. The van der Waals surface area contributed by atoms with Crippen LogP contribution in [0.1, 0.15) is 29.3 Å². The summed E-state index contributed by atoms with van der Waals surface area (Å²) in [5, 5.41) is 10.8. The predicted molar refractivity (Wildman–Crippen MR) is 101 cm³/mol. The molecule has 2 N–H and O–H groups in total. The van der Waals surface area contributed by atoms with Gasteiger partial charge in [-0.25, -0.2) is 0 Å². The molecule has 6 nitrogen and oxygen atoms in total. The molecule has 1 aliphatic heterocycles. The van der Waals surface area contributed by atoms with Crippen molar-refractivity contribution >= 4 is 17.4 Å². The highest BCUT2D eigenvalue weighted by Gasteiger charge is 2.47. The summed E-state index contributed by atoms with van der Waals surface area (Å²) in [5.41, 5.74) is 1.63. The predicted octanol–water partition coefficient (Wildman–Crippen LogP) is 1.54. The molecule has 1 aliphatic rings. The first kappa shape index (κ1) is 18.9. The topological polar surface area (TPSA) is 75.2 Å². The Bertz CT molecular complexity index is 851. The van der Waals surface area contributed by atoms with Gasteiger partial charge in [0.2, 0.25) is 0 Å². The molecule has 1 atom stereocenters. The van der Waals surface area contributed by atoms with Gasteiger partial charge in [0.05, 0.1) is 32.5 Å². The Morgan fingerprint density at radius 2 is 1.89 bits per heavy atom. The van der Waals surface area contributed by atoms with Crippen LogP contribution >= 0.6 is 0 Å². The van der Waals surface area contributed by atoms with Crippen molar-refractivity contribution in [3.05, 3.63) is 65.1 Å². The number of furan rings is 1. The molecule has 2 aromatic rings. The molecule has 1 fully saturated rings. The lowest BCUT2D eigenvalue weighted by Crippen LogP contribution is -3.05. The van der Waals surface area contributed by atoms with Crippen molar-refractivity contribution < 1.29 is 24.0 Å². The van der Waals surface area contributed by atoms with Gasteiger partial charge in [-0.1, -0.05) is 29.8 Å². The number of hydrogen-bond acceptors (Lipinski definition) is 4. The number of amides is 1. The van der Waals surface area contributed by atoms with E-state index in [0.29, 0.717) is 17.9 Å². The summed E-state index contributed by atoms with van der Waals surface area (Å²) in [4.78, 5) is 28.2. The fraction of sp³-hybridized carbons (Fsp3) is 0.333. The van der Waals surface area contributed by atoms with Gasteiger partial charge in [-0.15, -0.1) is 0 Å². The van der Waals surface area contributed by atoms with E-state index in [4.69, 9.17) is 4.42 Å². The van der Waals surface area contributed by atoms with Gasteiger partial charge in [0, 0.05) is 18.5 Å². The third-order valence-corrected chi connectivity index (χ3v) is 4.75. The zero-order valence-corrected chi connectivity index (χ0v) is 15.9. The standard InChI is InChI=1S/C21H24N2O4/c1-14-7-9-15(10-8-14)19(24)17-18(16-6-4-13-27-16)23(21(26)20(17)25)12-5-11-22(2)3/h4,6-10,13,18,24H,5,11-12H2,1-3H3/p+1. The van der Waals surface area contributed by atoms with Gasteiger partial charge in [0.15, 0.2) is 0 Å². The largest absolute Gasteiger partial charge is 0.507 e. The number of aryl methyl sites for hydroxylation is 1. The molecule has 0 aliphatic carbocycles. The summed E-state index contributed by atoms with van der Waals surface area (Å²) in [6, 6.07) is 9.92. The SMILES string of the molecule is Cc1ccc(C(O)=C2C(=O)C(=O)N(CCC[NH+](C)C)C2c2ccco2)cc1. The first-order chi connectivity index (χ1) is 12.9. The summed E-state index contributed by atoms with van der Waals surface area (Å²) in [5.74, 6) is -0.971. The molecule has 0 saturated carbocycles. The molecule has 0 bridgehead atoms. The van der Waals surface area contributed by atoms with Gasteiger partial charge in [-0.3, -0.25) is 9.59 Å². The van der Waals surface area contributed by atoms with Crippen LogP contribution in [0.4, 0.5) is 0 Å². The number of nitrogens with one attached hydrogen (secondary N) is 1. The van der Waals surface area contributed by atoms with Crippen molar-refractivity contribution in [3.63, 3.8) is 0 Å². The molecule has 1 aromatic heterocycles. The number of quaternary nitrogens is 1. The highest BCUT2D eigenvalue weighted by molar-refractivity contribution is 6.46. The normalized spacial score (nSPS) is 19.3. The first-order valence-electron chi connectivity index (χ1n) is 9.08. The van der Waals surface area contributed by atoms with Crippen molar-refractivity contribution in [2.75, 3.05) is 27.2 Å². The molecule has 3 rings (SSSR count). The van der Waals surface area contributed by atoms with E-state index in [1.807, 2.05) is 33.2 Å². The summed E-state index contributed by atoms with van der Waals surface area (Å²) >= 11 is 0. The number of likely N-dealkylation sites (tertiary alicyclic amines) is 1. The number of rotatable bonds is 6. The lowest BCUT2D eigenvalue weighted by atomic mass is 9.99. The quantitative estimate of drug-likeness (QED) is 0.460. The van der Waals surface area contributed by atoms with Gasteiger partial charge < -0.3 is 19.3 Å². The van der Waals surface area contributed by atoms with Gasteiger partial charge in [-0.05, 0) is 19.1 Å². The van der Waals surface area contributed by atoms with E-state index in [1.54, 1.807) is 24.3 Å². The molecular formula is C21H25N2O4+. The van der Waals surface area contributed by atoms with Crippen molar-refractivity contribution in [1.29, 1.82) is 0 Å². The second-order valence-corrected chi connectivity index (χ2v) is 7.18. The van der Waals surface area contributed by atoms with Crippen LogP contribution in [0.5, 0.6) is 0 Å². The maximum absolute atomic E-state index is 12.7. The molecule has 6 heteroatoms. The zero-order chi connectivity index (χ0) is 19.6. The smallest absolute Gasteiger partial charge is 0.295 e. The first-order valence-corrected chi connectivity index (χ1v) is 9.08. The monoisotopic (exact) mass is 369 g/mol. The highest BCUT2D eigenvalue weighted by Crippen LogP contribution is 2.39. The van der Waals surface area contributed by atoms with Crippen LogP contribution in [-0.2, 0) is 9.59 Å². The lowest BCUT2D eigenvalue weighted by Gasteiger charge is -2.23. The van der Waals surface area contributed by atoms with Crippen LogP contribution in [0.25, 0.3) is 5.76 Å². The maximum Gasteiger partial charge on any atom is 0.295 e. The minimum Gasteiger partial charge on any atom is -0.507 e. The van der Waals surface area contributed by atoms with Crippen LogP contribution in [0.15, 0.2) is 52.7 Å². The van der Waals surface area contributed by atoms with E-state index in [-0.39, 0.29) is 11.3 Å². The molecule has 1 aromatic carbocycles. The van der Waals surface area contributed by atoms with E-state index >= 15 is 0 Å². The number of aliphatic hydroxyl groups is 1. The number of aliphatic hydroxyl groups excluding tert-OH is 1. The third-order valence-electron chi connectivity index (χ3n) is 4.75. The van der Waals surface area contributed by atoms with E-state index in [0.717, 1.165) is 18.5 Å². The fourth-order valence-corrected chi connectivity index (χ4v) is 3.32. The minimum absolute atomic E-state index is 0.0796. The number of ketones is 1. The van der Waals surface area contributed by atoms with E-state index < -0.39 is 17.7 Å². The van der Waals surface area contributed by atoms with Crippen LogP contribution in [0.2, 0.25) is 0 Å². The van der Waals surface area contributed by atoms with Gasteiger partial charge in [0.1, 0.15) is 17.6 Å². The average molecular weight is 369 g/mol. The highest BCUT2D eigenvalue weighted by atomic mass is 16.3. The number of Topliss-reactive ketones (excluding diaryl/α,β-unsaturated/α-hetero) is 1. The second kappa shape index (κ2) is 7.80. The van der Waals surface area contributed by atoms with Gasteiger partial charge >= 0.3 is 0 Å². The van der Waals surface area contributed by atoms with Crippen molar-refractivity contribution in [1.82, 2.24) is 4.90 Å². The van der Waals surface area contributed by atoms with E-state index in [1.165, 1.54) is 16.1 Å². The van der Waals surface area contributed by atoms with Crippen LogP contribution in [0.3, 0.4) is 0 Å². The van der Waals surface area contributed by atoms with Crippen molar-refractivity contribution in [3.8, 4) is 0 Å². The van der Waals surface area contributed by atoms with Gasteiger partial charge in [-0.2, -0.15) is 0 Å². The van der Waals surface area contributed by atoms with Crippen LogP contribution in [0, 0.1) is 6.92 Å². The molecule has 1 amide bonds. The Labute approximate surface area is 158 Å². The maximum atomic E-state index is 12.7. The van der Waals surface area contributed by atoms with E-state index in [9.17, 15) is 14.7 Å². The number of carbonyl (C=O) groups is 2. The molecule has 142 valence electrons. The molecule has 0 radical (unpaired) electrons. The summed E-state index contributed by atoms with van der Waals surface area (Å²) in [6.07, 6.45) is 2.25. The number of benzene rings is 1. The number of carbonyl (C=O) groups excluding carboxylic acids is 2. The Morgan fingerprint density at radius 1 is 1.19 bits per heavy atom. The Balaban J connectivity index is 2.03. The van der Waals surface area contributed by atoms with Crippen LogP contribution in [-0.4, -0.2) is 48.9 Å². The average Bonchev–Trinajstić information content (AvgIpc) is 3.24. The van der Waals surface area contributed by atoms with Crippen molar-refractivity contribution in [2.24, 2.45) is 0 Å². The Morgan fingerprint density at radius 3 is 2.48 bits per heavy atom. The Kier molecular flexibility index (Phi) is 5.46. The van der Waals surface area contributed by atoms with E-state index in [2.05, 4.69) is 0 Å². The third kappa shape index (κ3) is 3.80. The Hall–Kier alpha value is -2.86. The molecule has 0 spiro atoms. The molecule has 1 saturated heterocycles. The zero-order valence-electron chi connectivity index (χ0n) is 15.9. The number of hydrogen-bond donors (Lipinski definition) is 2. The molecule has 2 heterocycles.